The number of benzene rings is 1. The number of carbonyl (C=O) groups is 1. The second-order valence-electron chi connectivity index (χ2n) is 9.80. The Morgan fingerprint density at radius 3 is 2.98 bits per heavy atom. The third-order valence-electron chi connectivity index (χ3n) is 7.27. The molecule has 2 N–H and O–H groups in total. The summed E-state index contributed by atoms with van der Waals surface area (Å²) in [7, 11) is 1.61. The summed E-state index contributed by atoms with van der Waals surface area (Å²) in [5, 5.41) is 16.0. The van der Waals surface area contributed by atoms with Crippen molar-refractivity contribution in [2.45, 2.75) is 0 Å². The number of hydrogen-bond acceptors (Lipinski definition) is 11. The molecule has 7 rings (SSSR count). The number of pyridine rings is 1. The molecule has 42 heavy (non-hydrogen) atoms. The molecule has 2 aliphatic rings. The summed E-state index contributed by atoms with van der Waals surface area (Å²) in [6.45, 7) is 4.25. The van der Waals surface area contributed by atoms with Gasteiger partial charge in [-0.2, -0.15) is 16.9 Å². The number of ether oxygens (including phenoxy) is 3. The lowest BCUT2D eigenvalue weighted by Gasteiger charge is -2.25. The van der Waals surface area contributed by atoms with Crippen molar-refractivity contribution in [2.75, 3.05) is 68.6 Å². The summed E-state index contributed by atoms with van der Waals surface area (Å²) < 4.78 is 20.6. The molecule has 13 nitrogen and oxygen atoms in total. The fraction of sp³-hybridized carbons (Fsp3) is 0.321. The van der Waals surface area contributed by atoms with Gasteiger partial charge in [0.2, 0.25) is 0 Å². The van der Waals surface area contributed by atoms with Crippen LogP contribution in [0, 0.1) is 0 Å². The highest BCUT2D eigenvalue weighted by molar-refractivity contribution is 7.99. The van der Waals surface area contributed by atoms with Crippen LogP contribution < -0.4 is 20.1 Å². The normalized spacial score (nSPS) is 15.2. The molecule has 0 saturated carbocycles. The Hall–Kier alpha value is -4.56. The molecular weight excluding hydrogens is 558 g/mol. The maximum atomic E-state index is 12.9. The molecule has 216 valence electrons. The molecule has 0 spiro atoms. The molecule has 0 radical (unpaired) electrons. The van der Waals surface area contributed by atoms with Gasteiger partial charge in [0.25, 0.3) is 0 Å². The van der Waals surface area contributed by atoms with E-state index in [4.69, 9.17) is 24.3 Å². The minimum Gasteiger partial charge on any atom is -0.494 e. The van der Waals surface area contributed by atoms with Crippen molar-refractivity contribution < 1.29 is 19.0 Å². The zero-order chi connectivity index (χ0) is 28.5. The summed E-state index contributed by atoms with van der Waals surface area (Å²) >= 11 is 1.95. The second-order valence-corrected chi connectivity index (χ2v) is 11.0. The highest BCUT2D eigenvalue weighted by atomic mass is 32.2. The number of hydrogen-bond donors (Lipinski definition) is 2. The molecule has 1 fully saturated rings. The number of methoxy groups -OCH3 is 1. The minimum atomic E-state index is -0.575. The van der Waals surface area contributed by atoms with E-state index in [-0.39, 0.29) is 0 Å². The number of amides is 1. The Morgan fingerprint density at radius 2 is 2.10 bits per heavy atom. The van der Waals surface area contributed by atoms with Crippen molar-refractivity contribution in [1.29, 1.82) is 0 Å². The Kier molecular flexibility index (Phi) is 7.13. The first-order valence-corrected chi connectivity index (χ1v) is 14.8. The Bertz CT molecular complexity index is 1770. The molecule has 0 bridgehead atoms. The number of thioether (sulfide) groups is 1. The van der Waals surface area contributed by atoms with E-state index in [2.05, 4.69) is 25.6 Å². The zero-order valence-corrected chi connectivity index (χ0v) is 23.8. The van der Waals surface area contributed by atoms with Gasteiger partial charge in [0.05, 0.1) is 41.2 Å². The summed E-state index contributed by atoms with van der Waals surface area (Å²) in [5.41, 5.74) is 4.27. The van der Waals surface area contributed by atoms with Crippen LogP contribution in [-0.4, -0.2) is 98.4 Å². The van der Waals surface area contributed by atoms with Gasteiger partial charge in [-0.3, -0.25) is 15.2 Å². The molecule has 1 aromatic carbocycles. The molecule has 0 aliphatic carbocycles. The van der Waals surface area contributed by atoms with Gasteiger partial charge in [0.1, 0.15) is 30.4 Å². The van der Waals surface area contributed by atoms with Crippen molar-refractivity contribution in [1.82, 2.24) is 34.3 Å². The van der Waals surface area contributed by atoms with Crippen LogP contribution in [0.15, 0.2) is 49.1 Å². The summed E-state index contributed by atoms with van der Waals surface area (Å²) in [6.07, 6.45) is 6.39. The standard InChI is InChI=1S/C28H29N9O4S/c1-39-25-14-21-24(40-9-4-29-21)15-23(25)37-22-13-20(18-17-32-36-5-2-3-30-27(18)36)31-16-19(22)26(34-37)33-28(38)41-10-6-35-7-11-42-12-8-35/h2-3,5,13-17,29H,4,6-12H2,1H3,(H,33,34,38). The van der Waals surface area contributed by atoms with E-state index in [0.717, 1.165) is 35.8 Å². The van der Waals surface area contributed by atoms with Gasteiger partial charge < -0.3 is 19.5 Å². The van der Waals surface area contributed by atoms with E-state index in [1.165, 1.54) is 0 Å². The van der Waals surface area contributed by atoms with E-state index in [1.54, 1.807) is 34.9 Å². The van der Waals surface area contributed by atoms with Crippen LogP contribution in [-0.2, 0) is 4.74 Å². The first kappa shape index (κ1) is 26.3. The van der Waals surface area contributed by atoms with Gasteiger partial charge in [-0.05, 0) is 12.1 Å². The van der Waals surface area contributed by atoms with E-state index in [0.29, 0.717) is 71.6 Å². The number of aromatic nitrogens is 6. The van der Waals surface area contributed by atoms with Crippen molar-refractivity contribution in [2.24, 2.45) is 0 Å². The quantitative estimate of drug-likeness (QED) is 0.290. The fourth-order valence-electron chi connectivity index (χ4n) is 5.15. The summed E-state index contributed by atoms with van der Waals surface area (Å²) in [4.78, 5) is 24.3. The van der Waals surface area contributed by atoms with Gasteiger partial charge in [-0.25, -0.2) is 19.0 Å². The molecule has 4 aromatic heterocycles. The number of fused-ring (bicyclic) bond motifs is 3. The monoisotopic (exact) mass is 587 g/mol. The van der Waals surface area contributed by atoms with Crippen LogP contribution in [0.1, 0.15) is 0 Å². The van der Waals surface area contributed by atoms with Crippen molar-refractivity contribution in [3.8, 4) is 28.4 Å². The highest BCUT2D eigenvalue weighted by Crippen LogP contribution is 2.39. The Morgan fingerprint density at radius 1 is 1.19 bits per heavy atom. The molecule has 6 heterocycles. The average molecular weight is 588 g/mol. The number of carbonyl (C=O) groups excluding carboxylic acids is 1. The van der Waals surface area contributed by atoms with E-state index in [1.807, 2.05) is 42.2 Å². The predicted molar refractivity (Wildman–Crippen MR) is 160 cm³/mol. The molecule has 2 aliphatic heterocycles. The number of nitrogens with one attached hydrogen (secondary N) is 2. The van der Waals surface area contributed by atoms with Gasteiger partial charge in [0, 0.05) is 68.4 Å². The van der Waals surface area contributed by atoms with Crippen LogP contribution in [0.3, 0.4) is 0 Å². The lowest BCUT2D eigenvalue weighted by molar-refractivity contribution is 0.142. The van der Waals surface area contributed by atoms with E-state index >= 15 is 0 Å². The number of nitrogens with zero attached hydrogens (tertiary/aromatic N) is 7. The van der Waals surface area contributed by atoms with Crippen molar-refractivity contribution in [3.63, 3.8) is 0 Å². The second kappa shape index (κ2) is 11.4. The fourth-order valence-corrected chi connectivity index (χ4v) is 6.13. The first-order valence-electron chi connectivity index (χ1n) is 13.7. The molecule has 1 saturated heterocycles. The van der Waals surface area contributed by atoms with Gasteiger partial charge in [-0.15, -0.1) is 5.10 Å². The Labute approximate surface area is 245 Å². The Balaban J connectivity index is 1.26. The molecular formula is C28H29N9O4S. The molecule has 5 aromatic rings. The summed E-state index contributed by atoms with van der Waals surface area (Å²) in [5.74, 6) is 3.79. The molecule has 0 atom stereocenters. The van der Waals surface area contributed by atoms with E-state index in [9.17, 15) is 4.79 Å². The van der Waals surface area contributed by atoms with Crippen LogP contribution in [0.2, 0.25) is 0 Å². The third kappa shape index (κ3) is 5.03. The zero-order valence-electron chi connectivity index (χ0n) is 22.9. The number of rotatable bonds is 7. The molecule has 0 unspecified atom stereocenters. The van der Waals surface area contributed by atoms with Gasteiger partial charge in [0.15, 0.2) is 11.5 Å². The van der Waals surface area contributed by atoms with Crippen LogP contribution in [0.4, 0.5) is 16.3 Å². The minimum absolute atomic E-state index is 0.294. The highest BCUT2D eigenvalue weighted by Gasteiger charge is 2.23. The van der Waals surface area contributed by atoms with Crippen LogP contribution >= 0.6 is 11.8 Å². The maximum absolute atomic E-state index is 12.9. The van der Waals surface area contributed by atoms with Gasteiger partial charge in [-0.1, -0.05) is 0 Å². The van der Waals surface area contributed by atoms with E-state index < -0.39 is 6.09 Å². The average Bonchev–Trinajstić information content (AvgIpc) is 3.62. The largest absolute Gasteiger partial charge is 0.494 e. The molecule has 1 amide bonds. The van der Waals surface area contributed by atoms with Gasteiger partial charge >= 0.3 is 6.09 Å². The first-order chi connectivity index (χ1) is 20.7. The third-order valence-corrected chi connectivity index (χ3v) is 8.21. The SMILES string of the molecule is COc1cc2c(cc1-n1nc(NC(=O)OCCN3CCSCC3)c3cnc(-c4cnn5cccnc45)cc31)OCCN2. The van der Waals surface area contributed by atoms with Crippen LogP contribution in [0.5, 0.6) is 11.5 Å². The van der Waals surface area contributed by atoms with Crippen molar-refractivity contribution in [3.05, 3.63) is 49.1 Å². The topological polar surface area (TPSA) is 133 Å². The number of anilines is 2. The lowest BCUT2D eigenvalue weighted by Crippen LogP contribution is -2.35. The smallest absolute Gasteiger partial charge is 0.412 e. The molecule has 14 heteroatoms. The lowest BCUT2D eigenvalue weighted by atomic mass is 10.1. The van der Waals surface area contributed by atoms with Crippen LogP contribution in [0.25, 0.3) is 33.5 Å². The predicted octanol–water partition coefficient (Wildman–Crippen LogP) is 3.54. The van der Waals surface area contributed by atoms with Crippen molar-refractivity contribution >= 4 is 45.9 Å². The summed E-state index contributed by atoms with van der Waals surface area (Å²) in [6, 6.07) is 7.48. The maximum Gasteiger partial charge on any atom is 0.412 e.